The third kappa shape index (κ3) is 2.71. The van der Waals surface area contributed by atoms with Crippen LogP contribution in [-0.4, -0.2) is 19.3 Å². The summed E-state index contributed by atoms with van der Waals surface area (Å²) in [4.78, 5) is 0. The van der Waals surface area contributed by atoms with Crippen LogP contribution < -0.4 is 4.74 Å². The van der Waals surface area contributed by atoms with E-state index in [0.29, 0.717) is 12.2 Å². The van der Waals surface area contributed by atoms with Gasteiger partial charge in [-0.25, -0.2) is 0 Å². The second kappa shape index (κ2) is 4.81. The largest absolute Gasteiger partial charge is 0.491 e. The Morgan fingerprint density at radius 2 is 2.47 bits per heavy atom. The molecule has 0 saturated carbocycles. The van der Waals surface area contributed by atoms with E-state index in [1.165, 1.54) is 0 Å². The van der Waals surface area contributed by atoms with Gasteiger partial charge in [-0.15, -0.1) is 0 Å². The minimum absolute atomic E-state index is 0.218. The quantitative estimate of drug-likeness (QED) is 0.755. The van der Waals surface area contributed by atoms with E-state index in [0.717, 1.165) is 25.2 Å². The maximum Gasteiger partial charge on any atom is 0.120 e. The average molecular weight is 203 g/mol. The standard InChI is InChI=1S/C12H13NO2/c13-8-10-3-1-4-11(7-10)15-9-12-5-2-6-14-12/h1,3-4,7,12H,2,5-6,9H2/t12-/m1/s1. The fourth-order valence-electron chi connectivity index (χ4n) is 1.62. The predicted molar refractivity (Wildman–Crippen MR) is 55.6 cm³/mol. The van der Waals surface area contributed by atoms with Crippen molar-refractivity contribution in [1.29, 1.82) is 5.26 Å². The molecule has 2 rings (SSSR count). The molecular weight excluding hydrogens is 190 g/mol. The van der Waals surface area contributed by atoms with Crippen molar-refractivity contribution in [1.82, 2.24) is 0 Å². The lowest BCUT2D eigenvalue weighted by atomic mass is 10.2. The highest BCUT2D eigenvalue weighted by Crippen LogP contribution is 2.16. The van der Waals surface area contributed by atoms with Crippen LogP contribution in [0.1, 0.15) is 18.4 Å². The summed E-state index contributed by atoms with van der Waals surface area (Å²) >= 11 is 0. The first-order valence-corrected chi connectivity index (χ1v) is 5.13. The number of nitriles is 1. The van der Waals surface area contributed by atoms with E-state index in [1.807, 2.05) is 12.1 Å². The first-order chi connectivity index (χ1) is 7.38. The van der Waals surface area contributed by atoms with E-state index in [2.05, 4.69) is 6.07 Å². The first kappa shape index (κ1) is 10.0. The van der Waals surface area contributed by atoms with Crippen LogP contribution >= 0.6 is 0 Å². The molecule has 1 aliphatic heterocycles. The molecule has 3 nitrogen and oxygen atoms in total. The summed E-state index contributed by atoms with van der Waals surface area (Å²) in [5.74, 6) is 0.740. The summed E-state index contributed by atoms with van der Waals surface area (Å²) in [6.07, 6.45) is 2.40. The molecule has 0 unspecified atom stereocenters. The average Bonchev–Trinajstić information content (AvgIpc) is 2.79. The van der Waals surface area contributed by atoms with Gasteiger partial charge >= 0.3 is 0 Å². The monoisotopic (exact) mass is 203 g/mol. The summed E-state index contributed by atoms with van der Waals surface area (Å²) in [6, 6.07) is 9.27. The molecule has 0 aromatic heterocycles. The highest BCUT2D eigenvalue weighted by molar-refractivity contribution is 5.36. The van der Waals surface area contributed by atoms with Gasteiger partial charge in [0.15, 0.2) is 0 Å². The topological polar surface area (TPSA) is 42.2 Å². The lowest BCUT2D eigenvalue weighted by molar-refractivity contribution is 0.0679. The fourth-order valence-corrected chi connectivity index (χ4v) is 1.62. The van der Waals surface area contributed by atoms with Crippen molar-refractivity contribution >= 4 is 0 Å². The molecule has 1 atom stereocenters. The van der Waals surface area contributed by atoms with Crippen LogP contribution in [0.15, 0.2) is 24.3 Å². The number of nitrogens with zero attached hydrogens (tertiary/aromatic N) is 1. The number of hydrogen-bond donors (Lipinski definition) is 0. The van der Waals surface area contributed by atoms with Crippen molar-refractivity contribution in [2.24, 2.45) is 0 Å². The van der Waals surface area contributed by atoms with Crippen molar-refractivity contribution in [3.05, 3.63) is 29.8 Å². The molecule has 1 heterocycles. The Morgan fingerprint density at radius 1 is 1.53 bits per heavy atom. The molecule has 0 N–H and O–H groups in total. The molecule has 3 heteroatoms. The van der Waals surface area contributed by atoms with E-state index in [1.54, 1.807) is 12.1 Å². The summed E-state index contributed by atoms with van der Waals surface area (Å²) < 4.78 is 11.0. The Bertz CT molecular complexity index is 364. The molecule has 0 bridgehead atoms. The predicted octanol–water partition coefficient (Wildman–Crippen LogP) is 2.12. The van der Waals surface area contributed by atoms with Crippen LogP contribution in [0.4, 0.5) is 0 Å². The van der Waals surface area contributed by atoms with Gasteiger partial charge in [0, 0.05) is 6.61 Å². The minimum Gasteiger partial charge on any atom is -0.491 e. The highest BCUT2D eigenvalue weighted by atomic mass is 16.5. The Kier molecular flexibility index (Phi) is 3.21. The second-order valence-electron chi connectivity index (χ2n) is 3.59. The van der Waals surface area contributed by atoms with E-state index in [4.69, 9.17) is 14.7 Å². The molecule has 1 aliphatic rings. The number of ether oxygens (including phenoxy) is 2. The van der Waals surface area contributed by atoms with Crippen molar-refractivity contribution in [2.75, 3.05) is 13.2 Å². The second-order valence-corrected chi connectivity index (χ2v) is 3.59. The Morgan fingerprint density at radius 3 is 3.20 bits per heavy atom. The molecule has 0 aliphatic carbocycles. The van der Waals surface area contributed by atoms with Crippen LogP contribution in [0.5, 0.6) is 5.75 Å². The molecule has 0 radical (unpaired) electrons. The van der Waals surface area contributed by atoms with Crippen molar-refractivity contribution in [3.8, 4) is 11.8 Å². The summed E-state index contributed by atoms with van der Waals surface area (Å²) in [6.45, 7) is 1.42. The van der Waals surface area contributed by atoms with Gasteiger partial charge in [-0.1, -0.05) is 6.07 Å². The van der Waals surface area contributed by atoms with Gasteiger partial charge < -0.3 is 9.47 Å². The fraction of sp³-hybridized carbons (Fsp3) is 0.417. The lowest BCUT2D eigenvalue weighted by Crippen LogP contribution is -2.16. The molecule has 1 aromatic rings. The van der Waals surface area contributed by atoms with E-state index in [-0.39, 0.29) is 6.10 Å². The molecule has 1 fully saturated rings. The maximum absolute atomic E-state index is 8.71. The Hall–Kier alpha value is -1.53. The van der Waals surface area contributed by atoms with Crippen molar-refractivity contribution in [3.63, 3.8) is 0 Å². The van der Waals surface area contributed by atoms with Crippen LogP contribution in [0.3, 0.4) is 0 Å². The number of benzene rings is 1. The van der Waals surface area contributed by atoms with Gasteiger partial charge in [-0.2, -0.15) is 5.26 Å². The lowest BCUT2D eigenvalue weighted by Gasteiger charge is -2.11. The van der Waals surface area contributed by atoms with Gasteiger partial charge in [0.05, 0.1) is 17.7 Å². The minimum atomic E-state index is 0.218. The van der Waals surface area contributed by atoms with E-state index in [9.17, 15) is 0 Å². The molecule has 15 heavy (non-hydrogen) atoms. The number of rotatable bonds is 3. The third-order valence-corrected chi connectivity index (χ3v) is 2.42. The molecule has 78 valence electrons. The zero-order chi connectivity index (χ0) is 10.5. The smallest absolute Gasteiger partial charge is 0.120 e. The van der Waals surface area contributed by atoms with Crippen LogP contribution in [-0.2, 0) is 4.74 Å². The van der Waals surface area contributed by atoms with Crippen LogP contribution in [0.2, 0.25) is 0 Å². The normalized spacial score (nSPS) is 19.8. The van der Waals surface area contributed by atoms with Gasteiger partial charge in [0.1, 0.15) is 12.4 Å². The van der Waals surface area contributed by atoms with Gasteiger partial charge in [0.2, 0.25) is 0 Å². The highest BCUT2D eigenvalue weighted by Gasteiger charge is 2.15. The third-order valence-electron chi connectivity index (χ3n) is 2.42. The SMILES string of the molecule is N#Cc1cccc(OC[C@H]2CCCO2)c1. The molecule has 0 amide bonds. The van der Waals surface area contributed by atoms with Crippen LogP contribution in [0.25, 0.3) is 0 Å². The van der Waals surface area contributed by atoms with Crippen LogP contribution in [0, 0.1) is 11.3 Å². The summed E-state index contributed by atoms with van der Waals surface area (Å²) in [5.41, 5.74) is 0.625. The first-order valence-electron chi connectivity index (χ1n) is 5.13. The molecular formula is C12H13NO2. The van der Waals surface area contributed by atoms with Gasteiger partial charge in [0.25, 0.3) is 0 Å². The van der Waals surface area contributed by atoms with Crippen molar-refractivity contribution in [2.45, 2.75) is 18.9 Å². The zero-order valence-corrected chi connectivity index (χ0v) is 8.48. The van der Waals surface area contributed by atoms with E-state index < -0.39 is 0 Å². The molecule has 1 aromatic carbocycles. The van der Waals surface area contributed by atoms with Gasteiger partial charge in [-0.05, 0) is 31.0 Å². The summed E-state index contributed by atoms with van der Waals surface area (Å²) in [5, 5.41) is 8.71. The van der Waals surface area contributed by atoms with Crippen molar-refractivity contribution < 1.29 is 9.47 Å². The summed E-state index contributed by atoms with van der Waals surface area (Å²) in [7, 11) is 0. The Labute approximate surface area is 89.2 Å². The Balaban J connectivity index is 1.90. The molecule has 1 saturated heterocycles. The number of hydrogen-bond acceptors (Lipinski definition) is 3. The zero-order valence-electron chi connectivity index (χ0n) is 8.48. The molecule has 0 spiro atoms. The van der Waals surface area contributed by atoms with E-state index >= 15 is 0 Å². The maximum atomic E-state index is 8.71. The van der Waals surface area contributed by atoms with Gasteiger partial charge in [-0.3, -0.25) is 0 Å².